The summed E-state index contributed by atoms with van der Waals surface area (Å²) in [6.07, 6.45) is 0.852. The highest BCUT2D eigenvalue weighted by molar-refractivity contribution is 5.98. The minimum atomic E-state index is -0.299. The first-order chi connectivity index (χ1) is 13.0. The predicted molar refractivity (Wildman–Crippen MR) is 106 cm³/mol. The molecule has 1 fully saturated rings. The Kier molecular flexibility index (Phi) is 5.82. The summed E-state index contributed by atoms with van der Waals surface area (Å²) in [4.78, 5) is 15.5. The van der Waals surface area contributed by atoms with Crippen LogP contribution >= 0.6 is 0 Å². The van der Waals surface area contributed by atoms with Gasteiger partial charge in [-0.2, -0.15) is 0 Å². The van der Waals surface area contributed by atoms with Crippen LogP contribution in [0.5, 0.6) is 5.75 Å². The number of rotatable bonds is 6. The van der Waals surface area contributed by atoms with Crippen molar-refractivity contribution >= 4 is 5.91 Å². The van der Waals surface area contributed by atoms with Crippen LogP contribution in [0.1, 0.15) is 33.9 Å². The van der Waals surface area contributed by atoms with E-state index >= 15 is 0 Å². The fourth-order valence-corrected chi connectivity index (χ4v) is 3.89. The van der Waals surface area contributed by atoms with Crippen molar-refractivity contribution in [1.29, 1.82) is 0 Å². The summed E-state index contributed by atoms with van der Waals surface area (Å²) >= 11 is 0. The first-order valence-corrected chi connectivity index (χ1v) is 9.24. The van der Waals surface area contributed by atoms with Crippen LogP contribution < -0.4 is 10.1 Å². The number of methoxy groups -OCH3 is 1. The number of benzene rings is 2. The van der Waals surface area contributed by atoms with Crippen molar-refractivity contribution in [2.24, 2.45) is 0 Å². The number of aryl methyl sites for hydroxylation is 1. The molecule has 0 spiro atoms. The third-order valence-corrected chi connectivity index (χ3v) is 5.55. The maximum atomic E-state index is 13.3. The second kappa shape index (κ2) is 8.11. The van der Waals surface area contributed by atoms with Gasteiger partial charge in [0.15, 0.2) is 0 Å². The maximum absolute atomic E-state index is 13.3. The molecule has 1 saturated heterocycles. The van der Waals surface area contributed by atoms with E-state index < -0.39 is 0 Å². The first-order valence-electron chi connectivity index (χ1n) is 9.24. The summed E-state index contributed by atoms with van der Waals surface area (Å²) in [5.74, 6) is 0.452. The second-order valence-corrected chi connectivity index (χ2v) is 7.27. The lowest BCUT2D eigenvalue weighted by atomic mass is 9.83. The molecule has 0 saturated carbocycles. The van der Waals surface area contributed by atoms with E-state index in [0.717, 1.165) is 17.5 Å². The number of amides is 1. The molecule has 2 aromatic rings. The van der Waals surface area contributed by atoms with E-state index in [4.69, 9.17) is 9.47 Å². The zero-order chi connectivity index (χ0) is 19.4. The summed E-state index contributed by atoms with van der Waals surface area (Å²) in [6.45, 7) is 3.19. The monoisotopic (exact) mass is 368 g/mol. The number of hydrogen-bond donors (Lipinski definition) is 1. The maximum Gasteiger partial charge on any atom is 0.255 e. The van der Waals surface area contributed by atoms with Gasteiger partial charge in [0.25, 0.3) is 5.91 Å². The third kappa shape index (κ3) is 3.70. The number of nitrogens with one attached hydrogen (secondary N) is 1. The van der Waals surface area contributed by atoms with Gasteiger partial charge in [-0.15, -0.1) is 0 Å². The van der Waals surface area contributed by atoms with E-state index in [9.17, 15) is 4.79 Å². The zero-order valence-corrected chi connectivity index (χ0v) is 16.5. The molecule has 1 N–H and O–H groups in total. The van der Waals surface area contributed by atoms with Crippen molar-refractivity contribution in [2.75, 3.05) is 34.4 Å². The van der Waals surface area contributed by atoms with Gasteiger partial charge in [0.2, 0.25) is 0 Å². The van der Waals surface area contributed by atoms with E-state index in [-0.39, 0.29) is 17.5 Å². The second-order valence-electron chi connectivity index (χ2n) is 7.27. The van der Waals surface area contributed by atoms with Crippen LogP contribution in [0, 0.1) is 6.92 Å². The number of nitrogens with zero attached hydrogens (tertiary/aromatic N) is 1. The smallest absolute Gasteiger partial charge is 0.255 e. The molecular weight excluding hydrogens is 340 g/mol. The minimum absolute atomic E-state index is 0.132. The molecule has 0 aliphatic carbocycles. The zero-order valence-electron chi connectivity index (χ0n) is 16.5. The Hall–Kier alpha value is -2.37. The molecule has 27 heavy (non-hydrogen) atoms. The lowest BCUT2D eigenvalue weighted by Gasteiger charge is -2.42. The Bertz CT molecular complexity index is 783. The summed E-state index contributed by atoms with van der Waals surface area (Å²) in [7, 11) is 5.68. The van der Waals surface area contributed by atoms with Gasteiger partial charge < -0.3 is 14.8 Å². The van der Waals surface area contributed by atoms with Crippen LogP contribution in [0.4, 0.5) is 0 Å². The molecule has 2 atom stereocenters. The molecule has 0 bridgehead atoms. The minimum Gasteiger partial charge on any atom is -0.496 e. The molecule has 144 valence electrons. The van der Waals surface area contributed by atoms with Gasteiger partial charge in [-0.05, 0) is 44.6 Å². The quantitative estimate of drug-likeness (QED) is 0.851. The fourth-order valence-electron chi connectivity index (χ4n) is 3.89. The van der Waals surface area contributed by atoms with Crippen LogP contribution in [0.15, 0.2) is 48.5 Å². The van der Waals surface area contributed by atoms with Crippen molar-refractivity contribution < 1.29 is 14.3 Å². The summed E-state index contributed by atoms with van der Waals surface area (Å²) in [5, 5.41) is 3.29. The molecule has 2 unspecified atom stereocenters. The number of carbonyl (C=O) groups excluding carboxylic acids is 1. The van der Waals surface area contributed by atoms with Gasteiger partial charge in [0.1, 0.15) is 5.75 Å². The van der Waals surface area contributed by atoms with Crippen molar-refractivity contribution in [3.8, 4) is 5.75 Å². The summed E-state index contributed by atoms with van der Waals surface area (Å²) in [6, 6.07) is 15.5. The molecule has 1 heterocycles. The Labute approximate surface area is 161 Å². The lowest BCUT2D eigenvalue weighted by molar-refractivity contribution is 0.0632. The fraction of sp³-hybridized carbons (Fsp3) is 0.409. The lowest BCUT2D eigenvalue weighted by Crippen LogP contribution is -2.55. The van der Waals surface area contributed by atoms with E-state index in [1.165, 1.54) is 0 Å². The van der Waals surface area contributed by atoms with Crippen molar-refractivity contribution in [3.05, 3.63) is 65.2 Å². The third-order valence-electron chi connectivity index (χ3n) is 5.55. The molecule has 1 amide bonds. The van der Waals surface area contributed by atoms with Crippen molar-refractivity contribution in [2.45, 2.75) is 24.9 Å². The van der Waals surface area contributed by atoms with Crippen LogP contribution in [0.25, 0.3) is 0 Å². The average molecular weight is 368 g/mol. The van der Waals surface area contributed by atoms with Crippen LogP contribution in [-0.2, 0) is 4.74 Å². The van der Waals surface area contributed by atoms with E-state index in [1.807, 2.05) is 57.4 Å². The predicted octanol–water partition coefficient (Wildman–Crippen LogP) is 3.20. The molecule has 1 aliphatic heterocycles. The number of carbonyl (C=O) groups is 1. The molecule has 5 nitrogen and oxygen atoms in total. The van der Waals surface area contributed by atoms with Crippen LogP contribution in [0.3, 0.4) is 0 Å². The van der Waals surface area contributed by atoms with Crippen LogP contribution in [0.2, 0.25) is 0 Å². The van der Waals surface area contributed by atoms with E-state index in [0.29, 0.717) is 24.5 Å². The number of hydrogen-bond acceptors (Lipinski definition) is 4. The Morgan fingerprint density at radius 3 is 2.52 bits per heavy atom. The van der Waals surface area contributed by atoms with Crippen molar-refractivity contribution in [1.82, 2.24) is 10.2 Å². The van der Waals surface area contributed by atoms with Gasteiger partial charge in [0, 0.05) is 6.61 Å². The molecule has 0 aromatic heterocycles. The van der Waals surface area contributed by atoms with Gasteiger partial charge in [-0.1, -0.05) is 42.5 Å². The first kappa shape index (κ1) is 19.4. The molecule has 0 radical (unpaired) electrons. The molecule has 1 aliphatic rings. The molecular formula is C22H28N2O3. The van der Waals surface area contributed by atoms with Gasteiger partial charge in [0.05, 0.1) is 30.9 Å². The highest BCUT2D eigenvalue weighted by Crippen LogP contribution is 2.37. The van der Waals surface area contributed by atoms with Gasteiger partial charge >= 0.3 is 0 Å². The topological polar surface area (TPSA) is 50.8 Å². The normalized spacial score (nSPS) is 20.5. The summed E-state index contributed by atoms with van der Waals surface area (Å²) in [5.41, 5.74) is 2.24. The highest BCUT2D eigenvalue weighted by Gasteiger charge is 2.46. The van der Waals surface area contributed by atoms with Gasteiger partial charge in [-0.25, -0.2) is 0 Å². The Morgan fingerprint density at radius 2 is 1.93 bits per heavy atom. The summed E-state index contributed by atoms with van der Waals surface area (Å²) < 4.78 is 11.2. The largest absolute Gasteiger partial charge is 0.496 e. The van der Waals surface area contributed by atoms with Gasteiger partial charge in [-0.3, -0.25) is 9.69 Å². The average Bonchev–Trinajstić information content (AvgIpc) is 3.17. The van der Waals surface area contributed by atoms with Crippen molar-refractivity contribution in [3.63, 3.8) is 0 Å². The van der Waals surface area contributed by atoms with Crippen LogP contribution in [-0.4, -0.2) is 50.8 Å². The number of likely N-dealkylation sites (N-methyl/N-ethyl adjacent to an activating group) is 1. The Balaban J connectivity index is 2.02. The Morgan fingerprint density at radius 1 is 1.19 bits per heavy atom. The highest BCUT2D eigenvalue weighted by atomic mass is 16.5. The van der Waals surface area contributed by atoms with E-state index in [1.54, 1.807) is 7.11 Å². The molecule has 2 aromatic carbocycles. The number of ether oxygens (including phenoxy) is 2. The molecule has 3 rings (SSSR count). The molecule has 5 heteroatoms. The SMILES string of the molecule is COc1cccc(C)c1C(=O)NC(c1ccccc1)C1(N(C)C)CCOC1. The van der Waals surface area contributed by atoms with E-state index in [2.05, 4.69) is 22.3 Å². The standard InChI is InChI=1S/C22H28N2O3/c1-16-9-8-12-18(26-4)19(16)21(25)23-20(17-10-6-5-7-11-17)22(24(2)3)13-14-27-15-22/h5-12,20H,13-15H2,1-4H3,(H,23,25).